The van der Waals surface area contributed by atoms with Gasteiger partial charge in [-0.25, -0.2) is 0 Å². The number of nitrogens with zero attached hydrogens (tertiary/aromatic N) is 1. The van der Waals surface area contributed by atoms with Gasteiger partial charge in [-0.05, 0) is 30.7 Å². The van der Waals surface area contributed by atoms with Gasteiger partial charge in [0.05, 0.1) is 18.9 Å². The molecule has 0 spiro atoms. The van der Waals surface area contributed by atoms with E-state index in [1.165, 1.54) is 21.7 Å². The topological polar surface area (TPSA) is 33.7 Å². The molecule has 0 aromatic heterocycles. The van der Waals surface area contributed by atoms with E-state index in [0.29, 0.717) is 19.9 Å². The van der Waals surface area contributed by atoms with E-state index in [-0.39, 0.29) is 5.37 Å². The van der Waals surface area contributed by atoms with Crippen molar-refractivity contribution in [3.63, 3.8) is 0 Å². The van der Waals surface area contributed by atoms with Crippen LogP contribution in [-0.4, -0.2) is 32.4 Å². The molecule has 1 atom stereocenters. The molecule has 150 valence electrons. The minimum Gasteiger partial charge on any atom is -0.382 e. The Morgan fingerprint density at radius 2 is 1.97 bits per heavy atom. The predicted octanol–water partition coefficient (Wildman–Crippen LogP) is 5.50. The first-order chi connectivity index (χ1) is 14.3. The summed E-state index contributed by atoms with van der Waals surface area (Å²) in [6.07, 6.45) is 5.15. The normalized spacial score (nSPS) is 16.8. The Morgan fingerprint density at radius 3 is 2.79 bits per heavy atom. The first-order valence-corrected chi connectivity index (χ1v) is 10.8. The molecular formula is C24H26N2O2S. The molecule has 0 fully saturated rings. The lowest BCUT2D eigenvalue weighted by molar-refractivity contribution is 0.0736. The van der Waals surface area contributed by atoms with Crippen molar-refractivity contribution in [3.05, 3.63) is 77.7 Å². The number of nitrogens with one attached hydrogen (secondary N) is 1. The number of fused-ring (bicyclic) bond motifs is 2. The third-order valence-corrected chi connectivity index (χ3v) is 6.25. The van der Waals surface area contributed by atoms with Crippen molar-refractivity contribution >= 4 is 28.7 Å². The predicted molar refractivity (Wildman–Crippen MR) is 121 cm³/mol. The first kappa shape index (κ1) is 19.9. The first-order valence-electron chi connectivity index (χ1n) is 9.93. The highest BCUT2D eigenvalue weighted by Crippen LogP contribution is 2.42. The van der Waals surface area contributed by atoms with E-state index in [4.69, 9.17) is 9.47 Å². The van der Waals surface area contributed by atoms with Crippen LogP contribution in [0.3, 0.4) is 0 Å². The monoisotopic (exact) mass is 406 g/mol. The number of hydrogen-bond donors (Lipinski definition) is 1. The lowest BCUT2D eigenvalue weighted by Crippen LogP contribution is -2.24. The molecule has 2 aliphatic heterocycles. The van der Waals surface area contributed by atoms with E-state index in [0.717, 1.165) is 17.7 Å². The zero-order valence-corrected chi connectivity index (χ0v) is 17.7. The quantitative estimate of drug-likeness (QED) is 0.485. The number of rotatable bonds is 7. The Kier molecular flexibility index (Phi) is 6.43. The highest BCUT2D eigenvalue weighted by molar-refractivity contribution is 8.00. The number of thioether (sulfide) groups is 1. The van der Waals surface area contributed by atoms with Crippen LogP contribution in [0, 0.1) is 0 Å². The summed E-state index contributed by atoms with van der Waals surface area (Å²) in [7, 11) is 1.68. The Hall–Kier alpha value is -2.43. The summed E-state index contributed by atoms with van der Waals surface area (Å²) in [5.74, 6) is 0. The van der Waals surface area contributed by atoms with Gasteiger partial charge in [0.2, 0.25) is 0 Å². The van der Waals surface area contributed by atoms with E-state index in [2.05, 4.69) is 83.7 Å². The fourth-order valence-corrected chi connectivity index (χ4v) is 4.69. The molecule has 1 unspecified atom stereocenters. The maximum atomic E-state index is 5.73. The van der Waals surface area contributed by atoms with Crippen LogP contribution >= 0.6 is 11.8 Å². The van der Waals surface area contributed by atoms with Crippen LogP contribution in [0.5, 0.6) is 0 Å². The standard InChI is InChI=1S/C24H26N2O2S/c1-3-18(24-25-21-9-5-7-11-23(21)29-24)16-19-12-13-26(17-28-15-14-27-2)22-10-6-4-8-20(19)22/h4-13,24-25H,3,14-15,17H2,1-2H3. The SMILES string of the molecule is CCC(=C=C1C=CN(COCCOC)c2ccccc21)C1Nc2ccccc2S1. The van der Waals surface area contributed by atoms with Crippen molar-refractivity contribution in [1.29, 1.82) is 0 Å². The molecule has 0 amide bonds. The Bertz CT molecular complexity index is 938. The molecule has 29 heavy (non-hydrogen) atoms. The molecule has 0 saturated heterocycles. The van der Waals surface area contributed by atoms with Crippen LogP contribution < -0.4 is 10.2 Å². The molecule has 4 rings (SSSR count). The molecule has 0 aliphatic carbocycles. The van der Waals surface area contributed by atoms with Gasteiger partial charge >= 0.3 is 0 Å². The van der Waals surface area contributed by atoms with Crippen LogP contribution in [0.2, 0.25) is 0 Å². The van der Waals surface area contributed by atoms with Crippen molar-refractivity contribution in [1.82, 2.24) is 0 Å². The molecule has 2 aliphatic rings. The summed E-state index contributed by atoms with van der Waals surface area (Å²) in [5, 5.41) is 3.85. The van der Waals surface area contributed by atoms with Crippen LogP contribution in [0.4, 0.5) is 11.4 Å². The number of anilines is 2. The Morgan fingerprint density at radius 1 is 1.14 bits per heavy atom. The fourth-order valence-electron chi connectivity index (χ4n) is 3.47. The minimum absolute atomic E-state index is 0.223. The molecule has 2 aromatic rings. The van der Waals surface area contributed by atoms with E-state index >= 15 is 0 Å². The van der Waals surface area contributed by atoms with E-state index in [9.17, 15) is 0 Å². The zero-order chi connectivity index (χ0) is 20.1. The molecular weight excluding hydrogens is 380 g/mol. The van der Waals surface area contributed by atoms with Crippen LogP contribution in [0.15, 0.2) is 77.0 Å². The van der Waals surface area contributed by atoms with Crippen molar-refractivity contribution in [2.45, 2.75) is 23.6 Å². The molecule has 2 heterocycles. The average Bonchev–Trinajstić information content (AvgIpc) is 3.20. The highest BCUT2D eigenvalue weighted by Gasteiger charge is 2.24. The Labute approximate surface area is 176 Å². The average molecular weight is 407 g/mol. The third-order valence-electron chi connectivity index (χ3n) is 5.00. The summed E-state index contributed by atoms with van der Waals surface area (Å²) in [4.78, 5) is 3.43. The molecule has 5 heteroatoms. The van der Waals surface area contributed by atoms with Crippen molar-refractivity contribution in [3.8, 4) is 0 Å². The Balaban J connectivity index is 1.61. The van der Waals surface area contributed by atoms with Gasteiger partial charge in [-0.1, -0.05) is 49.0 Å². The van der Waals surface area contributed by atoms with Gasteiger partial charge in [-0.15, -0.1) is 5.73 Å². The zero-order valence-electron chi connectivity index (χ0n) is 16.9. The van der Waals surface area contributed by atoms with E-state index in [1.807, 2.05) is 11.8 Å². The fraction of sp³-hybridized carbons (Fsp3) is 0.292. The van der Waals surface area contributed by atoms with Gasteiger partial charge in [0.1, 0.15) is 12.1 Å². The lowest BCUT2D eigenvalue weighted by atomic mass is 9.99. The smallest absolute Gasteiger partial charge is 0.123 e. The minimum atomic E-state index is 0.223. The van der Waals surface area contributed by atoms with Crippen molar-refractivity contribution in [2.75, 3.05) is 37.3 Å². The maximum absolute atomic E-state index is 5.73. The molecule has 0 bridgehead atoms. The number of para-hydroxylation sites is 2. The van der Waals surface area contributed by atoms with Crippen molar-refractivity contribution < 1.29 is 9.47 Å². The molecule has 0 radical (unpaired) electrons. The van der Waals surface area contributed by atoms with Gasteiger partial charge in [0, 0.05) is 40.6 Å². The summed E-state index contributed by atoms with van der Waals surface area (Å²) >= 11 is 1.86. The molecule has 4 nitrogen and oxygen atoms in total. The van der Waals surface area contributed by atoms with Crippen LogP contribution in [0.1, 0.15) is 18.9 Å². The second-order valence-corrected chi connectivity index (χ2v) is 8.04. The van der Waals surface area contributed by atoms with Crippen LogP contribution in [-0.2, 0) is 9.47 Å². The summed E-state index contributed by atoms with van der Waals surface area (Å²) < 4.78 is 10.8. The molecule has 0 saturated carbocycles. The number of hydrogen-bond acceptors (Lipinski definition) is 5. The summed E-state index contributed by atoms with van der Waals surface area (Å²) in [6, 6.07) is 16.9. The highest BCUT2D eigenvalue weighted by atomic mass is 32.2. The molecule has 2 aromatic carbocycles. The van der Waals surface area contributed by atoms with Gasteiger partial charge in [0.25, 0.3) is 0 Å². The van der Waals surface area contributed by atoms with Gasteiger partial charge < -0.3 is 19.7 Å². The van der Waals surface area contributed by atoms with E-state index in [1.54, 1.807) is 7.11 Å². The number of methoxy groups -OCH3 is 1. The second-order valence-electron chi connectivity index (χ2n) is 6.89. The van der Waals surface area contributed by atoms with Crippen LogP contribution in [0.25, 0.3) is 5.57 Å². The lowest BCUT2D eigenvalue weighted by Gasteiger charge is -2.27. The van der Waals surface area contributed by atoms with Crippen molar-refractivity contribution in [2.24, 2.45) is 0 Å². The summed E-state index contributed by atoms with van der Waals surface area (Å²) in [5.41, 5.74) is 9.62. The molecule has 1 N–H and O–H groups in total. The second kappa shape index (κ2) is 9.38. The van der Waals surface area contributed by atoms with E-state index < -0.39 is 0 Å². The number of benzene rings is 2. The van der Waals surface area contributed by atoms with Gasteiger partial charge in [0.15, 0.2) is 0 Å². The number of ether oxygens (including phenoxy) is 2. The van der Waals surface area contributed by atoms with Gasteiger partial charge in [-0.2, -0.15) is 0 Å². The number of allylic oxidation sites excluding steroid dienone is 1. The maximum Gasteiger partial charge on any atom is 0.123 e. The summed E-state index contributed by atoms with van der Waals surface area (Å²) in [6.45, 7) is 3.88. The largest absolute Gasteiger partial charge is 0.382 e. The van der Waals surface area contributed by atoms with Gasteiger partial charge in [-0.3, -0.25) is 0 Å². The third kappa shape index (κ3) is 4.44.